The molecule has 2 heterocycles. The molecular weight excluding hydrogens is 242 g/mol. The minimum atomic E-state index is -0.840. The summed E-state index contributed by atoms with van der Waals surface area (Å²) in [4.78, 5) is 20.1. The van der Waals surface area contributed by atoms with Crippen LogP contribution in [0.1, 0.15) is 48.1 Å². The summed E-state index contributed by atoms with van der Waals surface area (Å²) < 4.78 is 1.87. The Morgan fingerprint density at radius 2 is 2.16 bits per heavy atom. The minimum absolute atomic E-state index is 0.0156. The number of nitrogens with zero attached hydrogens (tertiary/aromatic N) is 3. The number of hydrogen-bond acceptors (Lipinski definition) is 3. The van der Waals surface area contributed by atoms with E-state index < -0.39 is 5.97 Å². The molecule has 5 nitrogen and oxygen atoms in total. The highest BCUT2D eigenvalue weighted by molar-refractivity contribution is 5.70. The number of aryl methyl sites for hydroxylation is 2. The van der Waals surface area contributed by atoms with Gasteiger partial charge in [0, 0.05) is 17.7 Å². The summed E-state index contributed by atoms with van der Waals surface area (Å²) in [5.74, 6) is 0.548. The number of rotatable bonds is 3. The van der Waals surface area contributed by atoms with E-state index in [-0.39, 0.29) is 6.42 Å². The number of carbonyl (C=O) groups is 1. The van der Waals surface area contributed by atoms with Gasteiger partial charge in [-0.1, -0.05) is 6.42 Å². The van der Waals surface area contributed by atoms with E-state index in [1.807, 2.05) is 24.3 Å². The van der Waals surface area contributed by atoms with Crippen LogP contribution in [0.25, 0.3) is 5.65 Å². The van der Waals surface area contributed by atoms with Crippen molar-refractivity contribution in [3.05, 3.63) is 29.0 Å². The van der Waals surface area contributed by atoms with Gasteiger partial charge in [-0.25, -0.2) is 9.97 Å². The Labute approximate surface area is 111 Å². The van der Waals surface area contributed by atoms with Gasteiger partial charge in [0.25, 0.3) is 0 Å². The first-order chi connectivity index (χ1) is 9.06. The second-order valence-corrected chi connectivity index (χ2v) is 5.26. The van der Waals surface area contributed by atoms with Gasteiger partial charge in [-0.15, -0.1) is 0 Å². The molecule has 1 aliphatic rings. The summed E-state index contributed by atoms with van der Waals surface area (Å²) in [6, 6.07) is 2.01. The number of imidazole rings is 1. The normalized spacial score (nSPS) is 15.7. The number of carboxylic acid groups (broad SMARTS) is 1. The number of fused-ring (bicyclic) bond motifs is 1. The Bertz CT molecular complexity index is 656. The Kier molecular flexibility index (Phi) is 2.77. The molecule has 0 aliphatic heterocycles. The van der Waals surface area contributed by atoms with Crippen LogP contribution in [0.3, 0.4) is 0 Å². The van der Waals surface area contributed by atoms with Gasteiger partial charge in [0.15, 0.2) is 0 Å². The van der Waals surface area contributed by atoms with Gasteiger partial charge >= 0.3 is 5.97 Å². The Morgan fingerprint density at radius 1 is 1.42 bits per heavy atom. The van der Waals surface area contributed by atoms with E-state index in [1.165, 1.54) is 19.3 Å². The van der Waals surface area contributed by atoms with Crippen molar-refractivity contribution in [1.29, 1.82) is 0 Å². The third-order valence-corrected chi connectivity index (χ3v) is 3.93. The first-order valence-corrected chi connectivity index (χ1v) is 6.63. The quantitative estimate of drug-likeness (QED) is 0.918. The molecule has 0 radical (unpaired) electrons. The molecule has 2 aromatic rings. The first kappa shape index (κ1) is 12.1. The van der Waals surface area contributed by atoms with Gasteiger partial charge in [0.1, 0.15) is 11.5 Å². The van der Waals surface area contributed by atoms with Crippen LogP contribution in [-0.2, 0) is 11.2 Å². The summed E-state index contributed by atoms with van der Waals surface area (Å²) in [5, 5.41) is 8.99. The van der Waals surface area contributed by atoms with E-state index in [1.54, 1.807) is 0 Å². The molecule has 0 amide bonds. The van der Waals surface area contributed by atoms with Crippen LogP contribution in [0.2, 0.25) is 0 Å². The van der Waals surface area contributed by atoms with Crippen LogP contribution in [0.5, 0.6) is 0 Å². The van der Waals surface area contributed by atoms with Gasteiger partial charge in [0.2, 0.25) is 0 Å². The lowest BCUT2D eigenvalue weighted by molar-refractivity contribution is -0.136. The Balaban J connectivity index is 2.13. The van der Waals surface area contributed by atoms with Crippen molar-refractivity contribution >= 4 is 11.6 Å². The van der Waals surface area contributed by atoms with Crippen molar-refractivity contribution in [2.75, 3.05) is 0 Å². The molecule has 1 N–H and O–H groups in total. The van der Waals surface area contributed by atoms with Crippen LogP contribution in [-0.4, -0.2) is 25.4 Å². The third kappa shape index (κ3) is 1.99. The van der Waals surface area contributed by atoms with E-state index in [9.17, 15) is 4.79 Å². The maximum Gasteiger partial charge on any atom is 0.309 e. The summed E-state index contributed by atoms with van der Waals surface area (Å²) in [6.07, 6.45) is 3.65. The summed E-state index contributed by atoms with van der Waals surface area (Å²) >= 11 is 0. The lowest BCUT2D eigenvalue weighted by Crippen LogP contribution is -2.13. The minimum Gasteiger partial charge on any atom is -0.481 e. The van der Waals surface area contributed by atoms with E-state index in [4.69, 9.17) is 5.11 Å². The van der Waals surface area contributed by atoms with Gasteiger partial charge < -0.3 is 5.11 Å². The fourth-order valence-corrected chi connectivity index (χ4v) is 2.71. The maximum absolute atomic E-state index is 10.9. The van der Waals surface area contributed by atoms with Gasteiger partial charge in [-0.05, 0) is 26.7 Å². The van der Waals surface area contributed by atoms with E-state index in [0.717, 1.165) is 28.6 Å². The highest BCUT2D eigenvalue weighted by Gasteiger charge is 2.23. The van der Waals surface area contributed by atoms with Crippen LogP contribution in [0.15, 0.2) is 6.07 Å². The zero-order chi connectivity index (χ0) is 13.6. The third-order valence-electron chi connectivity index (χ3n) is 3.93. The molecule has 0 aromatic carbocycles. The lowest BCUT2D eigenvalue weighted by Gasteiger charge is -2.25. The van der Waals surface area contributed by atoms with Gasteiger partial charge in [-0.3, -0.25) is 9.20 Å². The molecule has 2 aromatic heterocycles. The molecule has 1 aliphatic carbocycles. The molecular formula is C14H17N3O2. The second-order valence-electron chi connectivity index (χ2n) is 5.26. The first-order valence-electron chi connectivity index (χ1n) is 6.63. The van der Waals surface area contributed by atoms with E-state index in [0.29, 0.717) is 5.92 Å². The van der Waals surface area contributed by atoms with Crippen molar-refractivity contribution in [1.82, 2.24) is 14.4 Å². The van der Waals surface area contributed by atoms with Crippen molar-refractivity contribution in [3.63, 3.8) is 0 Å². The standard InChI is InChI=1S/C14H17N3O2/c1-8-12(7-14(18)19)17-9(2)16-11(6-13(17)15-8)10-4-3-5-10/h6,10H,3-5,7H2,1-2H3,(H,18,19). The van der Waals surface area contributed by atoms with Crippen molar-refractivity contribution < 1.29 is 9.90 Å². The molecule has 0 atom stereocenters. The second kappa shape index (κ2) is 4.33. The highest BCUT2D eigenvalue weighted by atomic mass is 16.4. The molecule has 5 heteroatoms. The van der Waals surface area contributed by atoms with Crippen molar-refractivity contribution in [2.45, 2.75) is 45.4 Å². The van der Waals surface area contributed by atoms with E-state index >= 15 is 0 Å². The van der Waals surface area contributed by atoms with Crippen LogP contribution in [0, 0.1) is 13.8 Å². The van der Waals surface area contributed by atoms with E-state index in [2.05, 4.69) is 9.97 Å². The van der Waals surface area contributed by atoms with Gasteiger partial charge in [0.05, 0.1) is 17.8 Å². The summed E-state index contributed by atoms with van der Waals surface area (Å²) in [5.41, 5.74) is 3.43. The fourth-order valence-electron chi connectivity index (χ4n) is 2.71. The molecule has 3 rings (SSSR count). The largest absolute Gasteiger partial charge is 0.481 e. The smallest absolute Gasteiger partial charge is 0.309 e. The highest BCUT2D eigenvalue weighted by Crippen LogP contribution is 2.35. The predicted molar refractivity (Wildman–Crippen MR) is 70.4 cm³/mol. The number of hydrogen-bond donors (Lipinski definition) is 1. The Morgan fingerprint density at radius 3 is 2.74 bits per heavy atom. The average molecular weight is 259 g/mol. The molecule has 19 heavy (non-hydrogen) atoms. The summed E-state index contributed by atoms with van der Waals surface area (Å²) in [6.45, 7) is 3.77. The average Bonchev–Trinajstić information content (AvgIpc) is 2.52. The van der Waals surface area contributed by atoms with Crippen LogP contribution >= 0.6 is 0 Å². The molecule has 1 fully saturated rings. The zero-order valence-electron chi connectivity index (χ0n) is 11.2. The molecule has 0 spiro atoms. The lowest BCUT2D eigenvalue weighted by atomic mass is 9.83. The molecule has 1 saturated carbocycles. The molecule has 100 valence electrons. The number of aromatic nitrogens is 3. The fraction of sp³-hybridized carbons (Fsp3) is 0.500. The maximum atomic E-state index is 10.9. The van der Waals surface area contributed by atoms with Crippen molar-refractivity contribution in [2.24, 2.45) is 0 Å². The molecule has 0 saturated heterocycles. The zero-order valence-corrected chi connectivity index (χ0v) is 11.2. The monoisotopic (exact) mass is 259 g/mol. The topological polar surface area (TPSA) is 67.5 Å². The molecule has 0 unspecified atom stereocenters. The Hall–Kier alpha value is -1.91. The number of carboxylic acids is 1. The van der Waals surface area contributed by atoms with Crippen LogP contribution in [0.4, 0.5) is 0 Å². The molecule has 0 bridgehead atoms. The number of aliphatic carboxylic acids is 1. The van der Waals surface area contributed by atoms with Crippen LogP contribution < -0.4 is 0 Å². The van der Waals surface area contributed by atoms with Crippen molar-refractivity contribution in [3.8, 4) is 0 Å². The summed E-state index contributed by atoms with van der Waals surface area (Å²) in [7, 11) is 0. The van der Waals surface area contributed by atoms with Gasteiger partial charge in [-0.2, -0.15) is 0 Å². The predicted octanol–water partition coefficient (Wildman–Crippen LogP) is 2.24. The SMILES string of the molecule is Cc1nc2cc(C3CCC3)nc(C)n2c1CC(=O)O.